The quantitative estimate of drug-likeness (QED) is 0.902. The minimum Gasteiger partial charge on any atom is -0.446 e. The van der Waals surface area contributed by atoms with Gasteiger partial charge in [-0.25, -0.2) is 0 Å². The predicted octanol–water partition coefficient (Wildman–Crippen LogP) is 3.45. The first-order valence-corrected chi connectivity index (χ1v) is 7.39. The maximum Gasteiger partial charge on any atom is 0.238 e. The molecule has 2 aromatic rings. The Balaban J connectivity index is 0.00000147. The van der Waals surface area contributed by atoms with Crippen molar-refractivity contribution in [1.29, 1.82) is 0 Å². The third kappa shape index (κ3) is 3.84. The number of rotatable bonds is 4. The molecule has 110 valence electrons. The topological polar surface area (TPSA) is 64.1 Å². The van der Waals surface area contributed by atoms with E-state index in [0.717, 1.165) is 31.8 Å². The molecule has 20 heavy (non-hydrogen) atoms. The fourth-order valence-electron chi connectivity index (χ4n) is 2.39. The molecule has 0 atom stereocenters. The summed E-state index contributed by atoms with van der Waals surface area (Å²) >= 11 is 3.26. The van der Waals surface area contributed by atoms with Crippen molar-refractivity contribution in [2.45, 2.75) is 25.7 Å². The van der Waals surface area contributed by atoms with Crippen LogP contribution < -0.4 is 5.32 Å². The smallest absolute Gasteiger partial charge is 0.238 e. The Labute approximate surface area is 132 Å². The van der Waals surface area contributed by atoms with Gasteiger partial charge in [0.25, 0.3) is 0 Å². The maximum absolute atomic E-state index is 5.40. The zero-order valence-corrected chi connectivity index (χ0v) is 13.4. The van der Waals surface area contributed by atoms with Crippen LogP contribution in [0.5, 0.6) is 0 Å². The molecule has 0 aliphatic carbocycles. The second-order valence-corrected chi connectivity index (χ2v) is 5.63. The first-order valence-electron chi connectivity index (χ1n) is 6.60. The van der Waals surface area contributed by atoms with Gasteiger partial charge in [-0.1, -0.05) is 5.16 Å². The number of halogens is 2. The van der Waals surface area contributed by atoms with Crippen LogP contribution in [0.2, 0.25) is 0 Å². The van der Waals surface area contributed by atoms with Gasteiger partial charge in [-0.3, -0.25) is 0 Å². The molecule has 7 heteroatoms. The lowest BCUT2D eigenvalue weighted by Gasteiger charge is -2.21. The second kappa shape index (κ2) is 7.24. The van der Waals surface area contributed by atoms with E-state index in [0.29, 0.717) is 22.1 Å². The lowest BCUT2D eigenvalue weighted by Crippen LogP contribution is -2.27. The van der Waals surface area contributed by atoms with Crippen LogP contribution in [0.4, 0.5) is 0 Å². The van der Waals surface area contributed by atoms with Crippen molar-refractivity contribution in [1.82, 2.24) is 15.5 Å². The molecule has 2 aromatic heterocycles. The molecule has 3 rings (SSSR count). The van der Waals surface area contributed by atoms with Crippen molar-refractivity contribution in [3.8, 4) is 11.6 Å². The average molecular weight is 363 g/mol. The molecule has 1 N–H and O–H groups in total. The summed E-state index contributed by atoms with van der Waals surface area (Å²) in [6.45, 7) is 2.25. The molecule has 5 nitrogen and oxygen atoms in total. The highest BCUT2D eigenvalue weighted by Gasteiger charge is 2.16. The van der Waals surface area contributed by atoms with Crippen LogP contribution in [0, 0.1) is 5.92 Å². The Bertz CT molecular complexity index is 537. The summed E-state index contributed by atoms with van der Waals surface area (Å²) in [7, 11) is 0. The third-order valence-corrected chi connectivity index (χ3v) is 3.91. The van der Waals surface area contributed by atoms with Gasteiger partial charge in [0, 0.05) is 6.42 Å². The third-order valence-electron chi connectivity index (χ3n) is 3.49. The lowest BCUT2D eigenvalue weighted by atomic mass is 9.93. The Morgan fingerprint density at radius 3 is 2.80 bits per heavy atom. The van der Waals surface area contributed by atoms with Crippen molar-refractivity contribution in [3.05, 3.63) is 22.7 Å². The maximum atomic E-state index is 5.40. The molecule has 0 radical (unpaired) electrons. The zero-order valence-electron chi connectivity index (χ0n) is 11.0. The van der Waals surface area contributed by atoms with Crippen molar-refractivity contribution in [3.63, 3.8) is 0 Å². The van der Waals surface area contributed by atoms with Gasteiger partial charge in [-0.2, -0.15) is 4.98 Å². The van der Waals surface area contributed by atoms with E-state index in [2.05, 4.69) is 31.4 Å². The monoisotopic (exact) mass is 361 g/mol. The standard InChI is InChI=1S/C13H16BrN3O2.ClH/c14-11-3-2-10(18-11)13-16-12(19-17-13)4-1-9-5-7-15-8-6-9;/h2-3,9,15H,1,4-8H2;1H. The van der Waals surface area contributed by atoms with Gasteiger partial charge in [-0.05, 0) is 66.3 Å². The first-order chi connectivity index (χ1) is 9.31. The van der Waals surface area contributed by atoms with E-state index in [-0.39, 0.29) is 12.4 Å². The molecular formula is C13H17BrClN3O2. The molecule has 0 amide bonds. The van der Waals surface area contributed by atoms with Crippen molar-refractivity contribution in [2.24, 2.45) is 5.92 Å². The molecule has 0 unspecified atom stereocenters. The van der Waals surface area contributed by atoms with E-state index in [1.165, 1.54) is 12.8 Å². The van der Waals surface area contributed by atoms with Crippen LogP contribution in [-0.4, -0.2) is 23.2 Å². The SMILES string of the molecule is Brc1ccc(-c2noc(CCC3CCNCC3)n2)o1.Cl. The highest BCUT2D eigenvalue weighted by Crippen LogP contribution is 2.23. The minimum atomic E-state index is 0. The van der Waals surface area contributed by atoms with E-state index in [4.69, 9.17) is 8.94 Å². The molecule has 0 bridgehead atoms. The molecule has 0 saturated carbocycles. The van der Waals surface area contributed by atoms with Gasteiger partial charge < -0.3 is 14.3 Å². The Hall–Kier alpha value is -0.850. The van der Waals surface area contributed by atoms with Gasteiger partial charge in [0.15, 0.2) is 10.4 Å². The second-order valence-electron chi connectivity index (χ2n) is 4.85. The van der Waals surface area contributed by atoms with Crippen LogP contribution in [0.15, 0.2) is 25.7 Å². The molecule has 1 aliphatic heterocycles. The number of aryl methyl sites for hydroxylation is 1. The number of hydrogen-bond acceptors (Lipinski definition) is 5. The van der Waals surface area contributed by atoms with Crippen LogP contribution in [0.1, 0.15) is 25.2 Å². The Morgan fingerprint density at radius 1 is 1.30 bits per heavy atom. The zero-order chi connectivity index (χ0) is 13.1. The van der Waals surface area contributed by atoms with E-state index >= 15 is 0 Å². The fraction of sp³-hybridized carbons (Fsp3) is 0.538. The molecule has 3 heterocycles. The largest absolute Gasteiger partial charge is 0.446 e. The van der Waals surface area contributed by atoms with Crippen LogP contribution in [0.25, 0.3) is 11.6 Å². The van der Waals surface area contributed by atoms with Crippen molar-refractivity contribution in [2.75, 3.05) is 13.1 Å². The highest BCUT2D eigenvalue weighted by molar-refractivity contribution is 9.10. The van der Waals surface area contributed by atoms with Crippen molar-refractivity contribution >= 4 is 28.3 Å². The normalized spacial score (nSPS) is 16.1. The van der Waals surface area contributed by atoms with Gasteiger partial charge in [0.2, 0.25) is 11.7 Å². The number of hydrogen-bond donors (Lipinski definition) is 1. The number of nitrogens with one attached hydrogen (secondary N) is 1. The summed E-state index contributed by atoms with van der Waals surface area (Å²) < 4.78 is 11.3. The Kier molecular flexibility index (Phi) is 5.63. The number of nitrogens with zero attached hydrogens (tertiary/aromatic N) is 2. The van der Waals surface area contributed by atoms with Gasteiger partial charge in [0.1, 0.15) is 0 Å². The van der Waals surface area contributed by atoms with E-state index in [1.54, 1.807) is 0 Å². The van der Waals surface area contributed by atoms with Crippen molar-refractivity contribution < 1.29 is 8.94 Å². The minimum absolute atomic E-state index is 0. The van der Waals surface area contributed by atoms with Crippen LogP contribution in [-0.2, 0) is 6.42 Å². The fourth-order valence-corrected chi connectivity index (χ4v) is 2.70. The van der Waals surface area contributed by atoms with E-state index in [9.17, 15) is 0 Å². The van der Waals surface area contributed by atoms with Gasteiger partial charge in [0.05, 0.1) is 0 Å². The van der Waals surface area contributed by atoms with Gasteiger partial charge >= 0.3 is 0 Å². The van der Waals surface area contributed by atoms with E-state index in [1.807, 2.05) is 12.1 Å². The molecular weight excluding hydrogens is 346 g/mol. The van der Waals surface area contributed by atoms with Gasteiger partial charge in [-0.15, -0.1) is 12.4 Å². The van der Waals surface area contributed by atoms with Crippen LogP contribution >= 0.6 is 28.3 Å². The lowest BCUT2D eigenvalue weighted by molar-refractivity contribution is 0.324. The average Bonchev–Trinajstić information content (AvgIpc) is 3.06. The summed E-state index contributed by atoms with van der Waals surface area (Å²) in [4.78, 5) is 4.37. The molecule has 1 aliphatic rings. The van der Waals surface area contributed by atoms with E-state index < -0.39 is 0 Å². The summed E-state index contributed by atoms with van der Waals surface area (Å²) in [6, 6.07) is 3.64. The summed E-state index contributed by atoms with van der Waals surface area (Å²) in [6.07, 6.45) is 4.45. The highest BCUT2D eigenvalue weighted by atomic mass is 79.9. The number of piperidine rings is 1. The molecule has 1 fully saturated rings. The number of aromatic nitrogens is 2. The molecule has 1 saturated heterocycles. The summed E-state index contributed by atoms with van der Waals surface area (Å²) in [5.74, 6) is 2.62. The molecule has 0 spiro atoms. The number of furan rings is 1. The van der Waals surface area contributed by atoms with Crippen LogP contribution in [0.3, 0.4) is 0 Å². The predicted molar refractivity (Wildman–Crippen MR) is 80.9 cm³/mol. The Morgan fingerprint density at radius 2 is 2.10 bits per heavy atom. The molecule has 0 aromatic carbocycles. The summed E-state index contributed by atoms with van der Waals surface area (Å²) in [5, 5.41) is 7.32. The summed E-state index contributed by atoms with van der Waals surface area (Å²) in [5.41, 5.74) is 0. The first kappa shape index (κ1) is 15.5.